The fraction of sp³-hybridized carbons (Fsp3) is 0.286. The molecule has 0 amide bonds. The Balaban J connectivity index is 2.18. The van der Waals surface area contributed by atoms with Crippen molar-refractivity contribution in [3.05, 3.63) is 47.8 Å². The van der Waals surface area contributed by atoms with E-state index in [0.29, 0.717) is 0 Å². The second kappa shape index (κ2) is 3.27. The van der Waals surface area contributed by atoms with Gasteiger partial charge >= 0.3 is 0 Å². The molecule has 0 saturated carbocycles. The molecule has 2 heterocycles. The van der Waals surface area contributed by atoms with Crippen molar-refractivity contribution in [3.63, 3.8) is 0 Å². The zero-order chi connectivity index (χ0) is 10.3. The Hall–Kier alpha value is -1.50. The van der Waals surface area contributed by atoms with E-state index in [2.05, 4.69) is 47.9 Å². The van der Waals surface area contributed by atoms with Gasteiger partial charge in [-0.3, -0.25) is 0 Å². The number of nitrogens with zero attached hydrogens (tertiary/aromatic N) is 1. The van der Waals surface area contributed by atoms with Crippen molar-refractivity contribution in [3.8, 4) is 11.1 Å². The summed E-state index contributed by atoms with van der Waals surface area (Å²) in [7, 11) is 0. The van der Waals surface area contributed by atoms with E-state index in [1.807, 2.05) is 0 Å². The van der Waals surface area contributed by atoms with Gasteiger partial charge in [0.25, 0.3) is 0 Å². The highest BCUT2D eigenvalue weighted by Gasteiger charge is 2.17. The average Bonchev–Trinajstić information content (AvgIpc) is 2.84. The molecule has 0 bridgehead atoms. The molecule has 0 spiro atoms. The first-order valence-corrected chi connectivity index (χ1v) is 5.61. The van der Waals surface area contributed by atoms with Crippen molar-refractivity contribution in [1.29, 1.82) is 0 Å². The Kier molecular flexibility index (Phi) is 1.91. The summed E-state index contributed by atoms with van der Waals surface area (Å²) >= 11 is 0. The minimum Gasteiger partial charge on any atom is -0.348 e. The van der Waals surface area contributed by atoms with Gasteiger partial charge in [-0.15, -0.1) is 0 Å². The van der Waals surface area contributed by atoms with E-state index < -0.39 is 0 Å². The molecular formula is C14H15N. The Bertz CT molecular complexity index is 480. The fourth-order valence-electron chi connectivity index (χ4n) is 2.58. The van der Waals surface area contributed by atoms with E-state index in [0.717, 1.165) is 0 Å². The van der Waals surface area contributed by atoms with Crippen molar-refractivity contribution in [1.82, 2.24) is 4.57 Å². The lowest BCUT2D eigenvalue weighted by molar-refractivity contribution is 0.729. The summed E-state index contributed by atoms with van der Waals surface area (Å²) < 4.78 is 2.46. The van der Waals surface area contributed by atoms with E-state index in [9.17, 15) is 0 Å². The Morgan fingerprint density at radius 2 is 1.93 bits per heavy atom. The summed E-state index contributed by atoms with van der Waals surface area (Å²) in [6.45, 7) is 3.41. The highest BCUT2D eigenvalue weighted by atomic mass is 15.0. The lowest BCUT2D eigenvalue weighted by Gasteiger charge is -2.01. The summed E-state index contributed by atoms with van der Waals surface area (Å²) in [5.41, 5.74) is 5.72. The van der Waals surface area contributed by atoms with E-state index in [1.165, 1.54) is 41.9 Å². The summed E-state index contributed by atoms with van der Waals surface area (Å²) in [4.78, 5) is 0. The first-order chi connectivity index (χ1) is 7.36. The third-order valence-corrected chi connectivity index (χ3v) is 3.30. The first kappa shape index (κ1) is 8.78. The molecule has 15 heavy (non-hydrogen) atoms. The molecule has 0 saturated heterocycles. The van der Waals surface area contributed by atoms with Gasteiger partial charge in [0.1, 0.15) is 0 Å². The second-order valence-electron chi connectivity index (χ2n) is 4.27. The molecule has 1 aliphatic rings. The number of fused-ring (bicyclic) bond motifs is 1. The van der Waals surface area contributed by atoms with Gasteiger partial charge in [-0.1, -0.05) is 30.3 Å². The number of hydrogen-bond donors (Lipinski definition) is 0. The molecule has 0 unspecified atom stereocenters. The number of rotatable bonds is 1. The lowest BCUT2D eigenvalue weighted by Crippen LogP contribution is -1.93. The lowest BCUT2D eigenvalue weighted by atomic mass is 10.0. The van der Waals surface area contributed by atoms with E-state index in [4.69, 9.17) is 0 Å². The monoisotopic (exact) mass is 197 g/mol. The third-order valence-electron chi connectivity index (χ3n) is 3.30. The van der Waals surface area contributed by atoms with Crippen LogP contribution in [0, 0.1) is 6.92 Å². The molecule has 2 aromatic rings. The van der Waals surface area contributed by atoms with Crippen LogP contribution in [0.5, 0.6) is 0 Å². The minimum absolute atomic E-state index is 1.20. The zero-order valence-corrected chi connectivity index (χ0v) is 9.03. The van der Waals surface area contributed by atoms with Gasteiger partial charge in [0.05, 0.1) is 0 Å². The van der Waals surface area contributed by atoms with Crippen LogP contribution < -0.4 is 0 Å². The van der Waals surface area contributed by atoms with Crippen LogP contribution in [0.1, 0.15) is 17.8 Å². The third kappa shape index (κ3) is 1.30. The van der Waals surface area contributed by atoms with Crippen LogP contribution in [0.4, 0.5) is 0 Å². The van der Waals surface area contributed by atoms with Crippen LogP contribution in [-0.2, 0) is 13.0 Å². The smallest absolute Gasteiger partial charge is 0.0256 e. The maximum atomic E-state index is 2.46. The van der Waals surface area contributed by atoms with Crippen molar-refractivity contribution in [2.75, 3.05) is 0 Å². The van der Waals surface area contributed by atoms with Crippen molar-refractivity contribution in [2.45, 2.75) is 26.3 Å². The molecule has 1 heteroatoms. The zero-order valence-electron chi connectivity index (χ0n) is 9.03. The fourth-order valence-corrected chi connectivity index (χ4v) is 2.58. The summed E-state index contributed by atoms with van der Waals surface area (Å²) in [6.07, 6.45) is 2.54. The van der Waals surface area contributed by atoms with Gasteiger partial charge in [0, 0.05) is 23.5 Å². The van der Waals surface area contributed by atoms with E-state index >= 15 is 0 Å². The maximum Gasteiger partial charge on any atom is 0.0256 e. The molecule has 0 radical (unpaired) electrons. The summed E-state index contributed by atoms with van der Waals surface area (Å²) in [5.74, 6) is 0. The van der Waals surface area contributed by atoms with Gasteiger partial charge in [0.2, 0.25) is 0 Å². The van der Waals surface area contributed by atoms with Gasteiger partial charge in [-0.05, 0) is 31.4 Å². The van der Waals surface area contributed by atoms with Crippen LogP contribution in [0.3, 0.4) is 0 Å². The molecule has 1 aromatic heterocycles. The predicted octanol–water partition coefficient (Wildman–Crippen LogP) is 3.41. The SMILES string of the molecule is Cc1cc(-c2ccccc2)c2n1CCC2. The summed E-state index contributed by atoms with van der Waals surface area (Å²) in [6, 6.07) is 13.0. The normalized spacial score (nSPS) is 14.2. The number of benzene rings is 1. The summed E-state index contributed by atoms with van der Waals surface area (Å²) in [5, 5.41) is 0. The highest BCUT2D eigenvalue weighted by Crippen LogP contribution is 2.31. The van der Waals surface area contributed by atoms with Gasteiger partial charge in [-0.2, -0.15) is 0 Å². The standard InChI is InChI=1S/C14H15N/c1-11-10-13(12-6-3-2-4-7-12)14-8-5-9-15(11)14/h2-4,6-7,10H,5,8-9H2,1H3. The number of hydrogen-bond acceptors (Lipinski definition) is 0. The predicted molar refractivity (Wildman–Crippen MR) is 62.9 cm³/mol. The molecule has 1 aliphatic heterocycles. The molecule has 0 aliphatic carbocycles. The second-order valence-corrected chi connectivity index (χ2v) is 4.27. The highest BCUT2D eigenvalue weighted by molar-refractivity contribution is 5.67. The van der Waals surface area contributed by atoms with Gasteiger partial charge in [0.15, 0.2) is 0 Å². The topological polar surface area (TPSA) is 4.93 Å². The van der Waals surface area contributed by atoms with Crippen molar-refractivity contribution >= 4 is 0 Å². The Morgan fingerprint density at radius 3 is 2.73 bits per heavy atom. The van der Waals surface area contributed by atoms with Crippen LogP contribution in [0.2, 0.25) is 0 Å². The van der Waals surface area contributed by atoms with Crippen LogP contribution in [-0.4, -0.2) is 4.57 Å². The van der Waals surface area contributed by atoms with Crippen LogP contribution in [0.25, 0.3) is 11.1 Å². The molecule has 0 fully saturated rings. The maximum absolute atomic E-state index is 2.46. The molecule has 1 aromatic carbocycles. The molecular weight excluding hydrogens is 182 g/mol. The Labute approximate surface area is 90.4 Å². The molecule has 0 N–H and O–H groups in total. The number of aryl methyl sites for hydroxylation is 1. The largest absolute Gasteiger partial charge is 0.348 e. The molecule has 76 valence electrons. The molecule has 3 rings (SSSR count). The molecule has 0 atom stereocenters. The minimum atomic E-state index is 1.20. The van der Waals surface area contributed by atoms with E-state index in [-0.39, 0.29) is 0 Å². The first-order valence-electron chi connectivity index (χ1n) is 5.61. The van der Waals surface area contributed by atoms with Gasteiger partial charge in [-0.25, -0.2) is 0 Å². The van der Waals surface area contributed by atoms with Gasteiger partial charge < -0.3 is 4.57 Å². The van der Waals surface area contributed by atoms with Crippen molar-refractivity contribution in [2.24, 2.45) is 0 Å². The number of aromatic nitrogens is 1. The molecule has 1 nitrogen and oxygen atoms in total. The quantitative estimate of drug-likeness (QED) is 0.660. The van der Waals surface area contributed by atoms with Crippen LogP contribution >= 0.6 is 0 Å². The van der Waals surface area contributed by atoms with E-state index in [1.54, 1.807) is 0 Å². The average molecular weight is 197 g/mol. The van der Waals surface area contributed by atoms with Crippen LogP contribution in [0.15, 0.2) is 36.4 Å². The van der Waals surface area contributed by atoms with Crippen molar-refractivity contribution < 1.29 is 0 Å². The Morgan fingerprint density at radius 1 is 1.13 bits per heavy atom.